The number of nitrogens with one attached hydrogen (secondary N) is 4. The van der Waals surface area contributed by atoms with Crippen LogP contribution >= 0.6 is 0 Å². The van der Waals surface area contributed by atoms with E-state index in [2.05, 4.69) is 21.3 Å². The van der Waals surface area contributed by atoms with Crippen LogP contribution in [0.1, 0.15) is 44.6 Å². The van der Waals surface area contributed by atoms with Gasteiger partial charge in [0.05, 0.1) is 5.69 Å². The largest absolute Gasteiger partial charge is 0.479 e. The van der Waals surface area contributed by atoms with E-state index in [0.29, 0.717) is 24.3 Å². The Balaban J connectivity index is 1.70. The average molecular weight is 775 g/mol. The number of anilines is 1. The van der Waals surface area contributed by atoms with E-state index in [9.17, 15) is 58.8 Å². The van der Waals surface area contributed by atoms with Gasteiger partial charge in [0, 0.05) is 44.6 Å². The number of hydrogen-bond acceptors (Lipinski definition) is 15. The van der Waals surface area contributed by atoms with Crippen molar-refractivity contribution < 1.29 is 73.0 Å². The fourth-order valence-electron chi connectivity index (χ4n) is 5.34. The van der Waals surface area contributed by atoms with Crippen LogP contribution in [0, 0.1) is 0 Å². The molecule has 10 N–H and O–H groups in total. The van der Waals surface area contributed by atoms with Crippen LogP contribution in [0.3, 0.4) is 0 Å². The number of nitrogens with two attached hydrogens (primary N) is 1. The predicted octanol–water partition coefficient (Wildman–Crippen LogP) is -3.36. The summed E-state index contributed by atoms with van der Waals surface area (Å²) < 4.78 is 15.5. The van der Waals surface area contributed by atoms with E-state index in [1.165, 1.54) is 18.2 Å². The summed E-state index contributed by atoms with van der Waals surface area (Å²) in [4.78, 5) is 98.8. The molecule has 55 heavy (non-hydrogen) atoms. The van der Waals surface area contributed by atoms with Gasteiger partial charge in [0.2, 0.25) is 43.6 Å². The van der Waals surface area contributed by atoms with Crippen LogP contribution in [0.5, 0.6) is 5.75 Å². The van der Waals surface area contributed by atoms with E-state index in [4.69, 9.17) is 27.8 Å². The van der Waals surface area contributed by atoms with E-state index in [-0.39, 0.29) is 55.3 Å². The van der Waals surface area contributed by atoms with Gasteiger partial charge in [-0.15, -0.1) is 0 Å². The second-order valence-electron chi connectivity index (χ2n) is 12.3. The minimum Gasteiger partial charge on any atom is -0.479 e. The van der Waals surface area contributed by atoms with Crippen molar-refractivity contribution in [3.05, 3.63) is 35.9 Å². The van der Waals surface area contributed by atoms with Crippen LogP contribution in [-0.4, -0.2) is 143 Å². The molecule has 1 aromatic carbocycles. The van der Waals surface area contributed by atoms with Crippen molar-refractivity contribution >= 4 is 60.8 Å². The van der Waals surface area contributed by atoms with E-state index < -0.39 is 90.7 Å². The van der Waals surface area contributed by atoms with Crippen LogP contribution in [0.25, 0.3) is 0 Å². The summed E-state index contributed by atoms with van der Waals surface area (Å²) in [5.74, 6) is -6.97. The molecular formula is C33H43BN6O15. The van der Waals surface area contributed by atoms with Crippen molar-refractivity contribution in [2.45, 2.75) is 88.4 Å². The number of carboxylic acid groups (broad SMARTS) is 1. The molecule has 6 amide bonds. The number of ether oxygens (including phenoxy) is 3. The Morgan fingerprint density at radius 3 is 2.25 bits per heavy atom. The van der Waals surface area contributed by atoms with E-state index in [0.717, 1.165) is 12.2 Å². The van der Waals surface area contributed by atoms with Gasteiger partial charge in [-0.25, -0.2) is 4.79 Å². The molecule has 21 nitrogen and oxygen atoms in total. The molecule has 3 rings (SSSR count). The van der Waals surface area contributed by atoms with Gasteiger partial charge < -0.3 is 61.6 Å². The number of unbranched alkanes of at least 4 members (excludes halogenated alkanes) is 1. The zero-order valence-electron chi connectivity index (χ0n) is 29.7. The Morgan fingerprint density at radius 2 is 1.64 bits per heavy atom. The molecule has 0 saturated carbocycles. The first-order valence-electron chi connectivity index (χ1n) is 17.1. The monoisotopic (exact) mass is 774 g/mol. The summed E-state index contributed by atoms with van der Waals surface area (Å²) in [5.41, 5.74) is 5.88. The van der Waals surface area contributed by atoms with Crippen molar-refractivity contribution in [1.82, 2.24) is 20.9 Å². The van der Waals surface area contributed by atoms with Gasteiger partial charge in [0.1, 0.15) is 42.8 Å². The fourth-order valence-corrected chi connectivity index (χ4v) is 5.34. The number of amides is 6. The van der Waals surface area contributed by atoms with Gasteiger partial charge in [0.15, 0.2) is 6.10 Å². The Bertz CT molecular complexity index is 1630. The number of aliphatic hydroxyl groups excluding tert-OH is 3. The highest BCUT2D eigenvalue weighted by molar-refractivity contribution is 6.55. The molecule has 0 aromatic heterocycles. The van der Waals surface area contributed by atoms with Gasteiger partial charge in [-0.2, -0.15) is 0 Å². The fraction of sp³-hybridized carbons (Fsp3) is 0.515. The molecule has 7 atom stereocenters. The van der Waals surface area contributed by atoms with Crippen molar-refractivity contribution in [2.75, 3.05) is 25.0 Å². The number of carboxylic acids is 1. The maximum Gasteiger partial charge on any atom is 0.335 e. The van der Waals surface area contributed by atoms with Crippen LogP contribution in [-0.2, 0) is 49.6 Å². The SMILES string of the molecule is [B]C(=O)OCc1ccc(O[C@@H]2O[C@H](C(=O)O)[C@@H](O)[C@H](O)[C@H]2O)c(NC(=O)CCNC(=O)C(CCCCNC(=O)CC)NC(=O)C(CN)N2C(=O)C=CC2=O)c1. The second kappa shape index (κ2) is 20.9. The number of imide groups is 1. The maximum absolute atomic E-state index is 13.3. The first-order valence-corrected chi connectivity index (χ1v) is 17.1. The van der Waals surface area contributed by atoms with E-state index in [1.54, 1.807) is 6.92 Å². The summed E-state index contributed by atoms with van der Waals surface area (Å²) in [7, 11) is 5.03. The summed E-state index contributed by atoms with van der Waals surface area (Å²) in [6, 6.07) is 1.28. The van der Waals surface area contributed by atoms with Crippen LogP contribution < -0.4 is 31.7 Å². The van der Waals surface area contributed by atoms with Crippen LogP contribution in [0.15, 0.2) is 30.4 Å². The van der Waals surface area contributed by atoms with Crippen molar-refractivity contribution in [2.24, 2.45) is 5.73 Å². The number of benzene rings is 1. The summed E-state index contributed by atoms with van der Waals surface area (Å²) in [6.45, 7) is 0.928. The predicted molar refractivity (Wildman–Crippen MR) is 187 cm³/mol. The summed E-state index contributed by atoms with van der Waals surface area (Å²) >= 11 is 0. The quantitative estimate of drug-likeness (QED) is 0.0355. The molecule has 0 spiro atoms. The molecule has 1 saturated heterocycles. The highest BCUT2D eigenvalue weighted by Crippen LogP contribution is 2.31. The molecule has 22 heteroatoms. The molecule has 2 radical (unpaired) electrons. The number of carbonyl (C=O) groups is 8. The summed E-state index contributed by atoms with van der Waals surface area (Å²) in [5, 5.41) is 50.2. The molecular weight excluding hydrogens is 731 g/mol. The van der Waals surface area contributed by atoms with E-state index >= 15 is 0 Å². The molecule has 2 aliphatic heterocycles. The topological polar surface area (TPSA) is 323 Å². The van der Waals surface area contributed by atoms with Gasteiger partial charge >= 0.3 is 5.97 Å². The average Bonchev–Trinajstić information content (AvgIpc) is 3.47. The summed E-state index contributed by atoms with van der Waals surface area (Å²) in [6.07, 6.45) is -7.01. The highest BCUT2D eigenvalue weighted by Gasteiger charge is 2.48. The number of aliphatic hydroxyl groups is 3. The zero-order valence-corrected chi connectivity index (χ0v) is 29.7. The molecule has 0 bridgehead atoms. The lowest BCUT2D eigenvalue weighted by atomic mass is 9.99. The van der Waals surface area contributed by atoms with Gasteiger partial charge in [-0.05, 0) is 37.0 Å². The molecule has 1 aromatic rings. The van der Waals surface area contributed by atoms with Gasteiger partial charge in [-0.3, -0.25) is 38.5 Å². The first-order chi connectivity index (χ1) is 26.1. The lowest BCUT2D eigenvalue weighted by Gasteiger charge is -2.38. The molecule has 298 valence electrons. The Morgan fingerprint density at radius 1 is 0.945 bits per heavy atom. The van der Waals surface area contributed by atoms with Crippen LogP contribution in [0.2, 0.25) is 0 Å². The third kappa shape index (κ3) is 12.6. The van der Waals surface area contributed by atoms with Crippen molar-refractivity contribution in [1.29, 1.82) is 0 Å². The molecule has 0 aliphatic carbocycles. The second-order valence-corrected chi connectivity index (χ2v) is 12.3. The minimum absolute atomic E-state index is 0.0631. The lowest BCUT2D eigenvalue weighted by molar-refractivity contribution is -0.271. The number of rotatable bonds is 20. The number of nitrogens with zero attached hydrogens (tertiary/aromatic N) is 1. The lowest BCUT2D eigenvalue weighted by Crippen LogP contribution is -2.61. The van der Waals surface area contributed by atoms with Gasteiger partial charge in [0.25, 0.3) is 11.8 Å². The van der Waals surface area contributed by atoms with E-state index in [1.807, 2.05) is 0 Å². The standard InChI is InChI=1S/C33H43BN6O15/c1-2-21(41)36-11-4-3-5-17(39-30(49)19(14-35)40-23(43)8-9-24(40)44)29(48)37-12-10-22(42)38-18-13-16(15-53-33(34)52)6-7-20(18)54-32-27(47)25(45)26(46)28(55-32)31(50)51/h6-9,13,17,19,25-28,32,45-47H,2-5,10-12,14-15,35H2,1H3,(H,36,41)(H,37,48)(H,38,42)(H,39,49)(H,50,51)/t17?,19?,25-,26-,27+,28-,32+/m0/s1. The maximum atomic E-state index is 13.3. The molecule has 1 fully saturated rings. The smallest absolute Gasteiger partial charge is 0.335 e. The molecule has 2 heterocycles. The zero-order chi connectivity index (χ0) is 40.8. The third-order valence-corrected chi connectivity index (χ3v) is 8.28. The normalized spacial score (nSPS) is 21.6. The first kappa shape index (κ1) is 44.0. The van der Waals surface area contributed by atoms with Crippen LogP contribution in [0.4, 0.5) is 10.5 Å². The number of hydrogen-bond donors (Lipinski definition) is 9. The number of carbonyl (C=O) groups excluding carboxylic acids is 7. The molecule has 2 unspecified atom stereocenters. The van der Waals surface area contributed by atoms with Gasteiger partial charge in [-0.1, -0.05) is 13.0 Å². The third-order valence-electron chi connectivity index (χ3n) is 8.28. The Labute approximate surface area is 315 Å². The Kier molecular flexibility index (Phi) is 16.7. The Hall–Kier alpha value is -5.42. The van der Waals surface area contributed by atoms with Crippen molar-refractivity contribution in [3.8, 4) is 5.75 Å². The van der Waals surface area contributed by atoms with Crippen molar-refractivity contribution in [3.63, 3.8) is 0 Å². The minimum atomic E-state index is -1.99. The number of aliphatic carboxylic acids is 1. The molecule has 2 aliphatic rings. The highest BCUT2D eigenvalue weighted by atomic mass is 16.7.